The number of amides is 1. The van der Waals surface area contributed by atoms with Gasteiger partial charge in [-0.1, -0.05) is 33.8 Å². The maximum Gasteiger partial charge on any atom is 0.234 e. The van der Waals surface area contributed by atoms with Crippen LogP contribution in [0.2, 0.25) is 0 Å². The molecule has 0 fully saturated rings. The first-order chi connectivity index (χ1) is 13.0. The molecule has 0 aliphatic rings. The lowest BCUT2D eigenvalue weighted by Crippen LogP contribution is -2.15. The summed E-state index contributed by atoms with van der Waals surface area (Å²) in [4.78, 5) is 12.2. The number of hydrogen-bond acceptors (Lipinski definition) is 6. The highest BCUT2D eigenvalue weighted by molar-refractivity contribution is 9.10. The highest BCUT2D eigenvalue weighted by Gasteiger charge is 2.16. The van der Waals surface area contributed by atoms with Crippen molar-refractivity contribution >= 4 is 39.3 Å². The van der Waals surface area contributed by atoms with Gasteiger partial charge in [0.05, 0.1) is 18.6 Å². The van der Waals surface area contributed by atoms with Crippen molar-refractivity contribution in [2.45, 2.75) is 12.1 Å². The Bertz CT molecular complexity index is 982. The number of anilines is 1. The van der Waals surface area contributed by atoms with E-state index in [-0.39, 0.29) is 17.3 Å². The molecule has 0 atom stereocenters. The number of rotatable bonds is 6. The van der Waals surface area contributed by atoms with E-state index in [0.29, 0.717) is 21.1 Å². The van der Waals surface area contributed by atoms with Crippen LogP contribution in [0, 0.1) is 12.7 Å². The number of tetrazole rings is 1. The highest BCUT2D eigenvalue weighted by atomic mass is 79.9. The fraction of sp³-hybridized carbons (Fsp3) is 0.176. The normalized spacial score (nSPS) is 10.7. The molecular formula is C17H15BrFN5O2S. The maximum absolute atomic E-state index is 13.8. The largest absolute Gasteiger partial charge is 0.494 e. The number of nitrogens with zero attached hydrogens (tertiary/aromatic N) is 4. The molecule has 1 N–H and O–H groups in total. The van der Waals surface area contributed by atoms with Gasteiger partial charge in [-0.05, 0) is 53.2 Å². The van der Waals surface area contributed by atoms with Gasteiger partial charge >= 0.3 is 0 Å². The highest BCUT2D eigenvalue weighted by Crippen LogP contribution is 2.27. The van der Waals surface area contributed by atoms with E-state index < -0.39 is 5.82 Å². The summed E-state index contributed by atoms with van der Waals surface area (Å²) >= 11 is 4.31. The van der Waals surface area contributed by atoms with Crippen molar-refractivity contribution < 1.29 is 13.9 Å². The lowest BCUT2D eigenvalue weighted by Gasteiger charge is -2.10. The Morgan fingerprint density at radius 1 is 1.33 bits per heavy atom. The van der Waals surface area contributed by atoms with Gasteiger partial charge in [-0.25, -0.2) is 4.39 Å². The molecule has 7 nitrogen and oxygen atoms in total. The standard InChI is InChI=1S/C17H15BrFN5O2S/c1-10-3-6-15(26-2)14(7-10)24-17(21-22-23-24)27-9-16(25)20-13-5-4-11(18)8-12(13)19/h3-8H,9H2,1-2H3,(H,20,25). The fourth-order valence-corrected chi connectivity index (χ4v) is 3.31. The lowest BCUT2D eigenvalue weighted by molar-refractivity contribution is -0.113. The van der Waals surface area contributed by atoms with Gasteiger partial charge in [-0.2, -0.15) is 4.68 Å². The molecule has 0 bridgehead atoms. The number of halogens is 2. The molecule has 0 aliphatic carbocycles. The average molecular weight is 452 g/mol. The van der Waals surface area contributed by atoms with Crippen LogP contribution >= 0.6 is 27.7 Å². The minimum Gasteiger partial charge on any atom is -0.494 e. The zero-order valence-electron chi connectivity index (χ0n) is 14.4. The molecular weight excluding hydrogens is 437 g/mol. The van der Waals surface area contributed by atoms with E-state index in [1.54, 1.807) is 13.2 Å². The van der Waals surface area contributed by atoms with Crippen LogP contribution in [0.1, 0.15) is 5.56 Å². The van der Waals surface area contributed by atoms with E-state index in [4.69, 9.17) is 4.74 Å². The minimum atomic E-state index is -0.517. The molecule has 0 saturated carbocycles. The van der Waals surface area contributed by atoms with Gasteiger partial charge in [0, 0.05) is 4.47 Å². The van der Waals surface area contributed by atoms with Gasteiger partial charge in [0.2, 0.25) is 11.1 Å². The van der Waals surface area contributed by atoms with E-state index in [0.717, 1.165) is 17.3 Å². The Kier molecular flexibility index (Phi) is 6.07. The molecule has 10 heteroatoms. The molecule has 2 aromatic carbocycles. The zero-order valence-corrected chi connectivity index (χ0v) is 16.8. The molecule has 3 rings (SSSR count). The van der Waals surface area contributed by atoms with Gasteiger partial charge in [0.25, 0.3) is 0 Å². The van der Waals surface area contributed by atoms with E-state index >= 15 is 0 Å². The van der Waals surface area contributed by atoms with Crippen LogP contribution in [0.25, 0.3) is 5.69 Å². The van der Waals surface area contributed by atoms with Crippen LogP contribution < -0.4 is 10.1 Å². The third-order valence-corrected chi connectivity index (χ3v) is 4.95. The summed E-state index contributed by atoms with van der Waals surface area (Å²) in [5, 5.41) is 14.6. The number of carbonyl (C=O) groups is 1. The van der Waals surface area contributed by atoms with Gasteiger partial charge in [0.1, 0.15) is 17.3 Å². The Labute approximate surface area is 167 Å². The van der Waals surface area contributed by atoms with Crippen molar-refractivity contribution in [2.24, 2.45) is 0 Å². The van der Waals surface area contributed by atoms with E-state index in [1.807, 2.05) is 25.1 Å². The maximum atomic E-state index is 13.8. The van der Waals surface area contributed by atoms with E-state index in [2.05, 4.69) is 36.8 Å². The first-order valence-corrected chi connectivity index (χ1v) is 9.57. The van der Waals surface area contributed by atoms with E-state index in [9.17, 15) is 9.18 Å². The van der Waals surface area contributed by atoms with Crippen molar-refractivity contribution in [3.63, 3.8) is 0 Å². The van der Waals surface area contributed by atoms with Crippen LogP contribution in [0.4, 0.5) is 10.1 Å². The third kappa shape index (κ3) is 4.64. The Balaban J connectivity index is 1.72. The van der Waals surface area contributed by atoms with Crippen molar-refractivity contribution in [2.75, 3.05) is 18.2 Å². The molecule has 0 unspecified atom stereocenters. The molecule has 1 aromatic heterocycles. The number of hydrogen-bond donors (Lipinski definition) is 1. The molecule has 27 heavy (non-hydrogen) atoms. The molecule has 0 saturated heterocycles. The predicted octanol–water partition coefficient (Wildman–Crippen LogP) is 3.61. The SMILES string of the molecule is COc1ccc(C)cc1-n1nnnc1SCC(=O)Nc1ccc(Br)cc1F. The average Bonchev–Trinajstić information content (AvgIpc) is 3.11. The number of nitrogens with one attached hydrogen (secondary N) is 1. The monoisotopic (exact) mass is 451 g/mol. The topological polar surface area (TPSA) is 81.9 Å². The number of aryl methyl sites for hydroxylation is 1. The zero-order chi connectivity index (χ0) is 19.4. The molecule has 140 valence electrons. The summed E-state index contributed by atoms with van der Waals surface area (Å²) < 4.78 is 21.3. The predicted molar refractivity (Wildman–Crippen MR) is 104 cm³/mol. The molecule has 0 aliphatic heterocycles. The summed E-state index contributed by atoms with van der Waals surface area (Å²) in [6, 6.07) is 10.0. The lowest BCUT2D eigenvalue weighted by atomic mass is 10.2. The first kappa shape index (κ1) is 19.3. The van der Waals surface area contributed by atoms with Crippen LogP contribution in [0.5, 0.6) is 5.75 Å². The Morgan fingerprint density at radius 2 is 2.15 bits per heavy atom. The van der Waals surface area contributed by atoms with Crippen LogP contribution in [-0.2, 0) is 4.79 Å². The smallest absolute Gasteiger partial charge is 0.234 e. The molecule has 0 spiro atoms. The number of benzene rings is 2. The van der Waals surface area contributed by atoms with Crippen LogP contribution in [-0.4, -0.2) is 39.0 Å². The summed E-state index contributed by atoms with van der Waals surface area (Å²) in [7, 11) is 1.56. The summed E-state index contributed by atoms with van der Waals surface area (Å²) in [6.45, 7) is 1.94. The minimum absolute atomic E-state index is 0.0179. The Morgan fingerprint density at radius 3 is 2.89 bits per heavy atom. The molecule has 1 amide bonds. The number of thioether (sulfide) groups is 1. The van der Waals surface area contributed by atoms with Gasteiger partial charge in [-0.3, -0.25) is 4.79 Å². The number of carbonyl (C=O) groups excluding carboxylic acids is 1. The van der Waals surface area contributed by atoms with Crippen molar-refractivity contribution in [1.82, 2.24) is 20.2 Å². The first-order valence-electron chi connectivity index (χ1n) is 7.79. The quantitative estimate of drug-likeness (QED) is 0.576. The van der Waals surface area contributed by atoms with Crippen LogP contribution in [0.3, 0.4) is 0 Å². The molecule has 0 radical (unpaired) electrons. The Hall–Kier alpha value is -2.46. The number of aromatic nitrogens is 4. The van der Waals surface area contributed by atoms with Crippen LogP contribution in [0.15, 0.2) is 46.0 Å². The summed E-state index contributed by atoms with van der Waals surface area (Å²) in [5.74, 6) is -0.260. The van der Waals surface area contributed by atoms with Gasteiger partial charge in [-0.15, -0.1) is 5.10 Å². The van der Waals surface area contributed by atoms with Gasteiger partial charge in [0.15, 0.2) is 0 Å². The van der Waals surface area contributed by atoms with Crippen molar-refractivity contribution in [3.05, 3.63) is 52.3 Å². The van der Waals surface area contributed by atoms with Gasteiger partial charge < -0.3 is 10.1 Å². The molecule has 1 heterocycles. The van der Waals surface area contributed by atoms with Crippen molar-refractivity contribution in [3.8, 4) is 11.4 Å². The second-order valence-corrected chi connectivity index (χ2v) is 7.37. The number of ether oxygens (including phenoxy) is 1. The van der Waals surface area contributed by atoms with E-state index in [1.165, 1.54) is 16.8 Å². The second-order valence-electron chi connectivity index (χ2n) is 5.51. The summed E-state index contributed by atoms with van der Waals surface area (Å²) in [6.07, 6.45) is 0. The molecule has 3 aromatic rings. The summed E-state index contributed by atoms with van der Waals surface area (Å²) in [5.41, 5.74) is 1.80. The fourth-order valence-electron chi connectivity index (χ4n) is 2.29. The third-order valence-electron chi connectivity index (χ3n) is 3.54. The second kappa shape index (κ2) is 8.49. The van der Waals surface area contributed by atoms with Crippen molar-refractivity contribution in [1.29, 1.82) is 0 Å². The number of methoxy groups -OCH3 is 1.